The van der Waals surface area contributed by atoms with Gasteiger partial charge >= 0.3 is 0 Å². The Morgan fingerprint density at radius 3 is 1.93 bits per heavy atom. The number of Topliss-reactive ketones (excluding diaryl/α,β-unsaturated/α-hetero) is 1. The van der Waals surface area contributed by atoms with Gasteiger partial charge in [0, 0.05) is 18.3 Å². The third kappa shape index (κ3) is 2.77. The number of hydrogen-bond acceptors (Lipinski definition) is 3. The van der Waals surface area contributed by atoms with E-state index in [-0.39, 0.29) is 24.3 Å². The Morgan fingerprint density at radius 2 is 1.60 bits per heavy atom. The standard InChI is InChI=1S/C10H17FO3S/c1-9(2,3)8(12)10(11)4-6-15(13,14)7-5-10/h4-7H2,1-3H3. The van der Waals surface area contributed by atoms with Gasteiger partial charge in [-0.15, -0.1) is 0 Å². The first-order valence-corrected chi connectivity index (χ1v) is 6.83. The van der Waals surface area contributed by atoms with Crippen molar-refractivity contribution in [1.82, 2.24) is 0 Å². The second kappa shape index (κ2) is 3.54. The highest BCUT2D eigenvalue weighted by Gasteiger charge is 2.47. The molecule has 0 unspecified atom stereocenters. The van der Waals surface area contributed by atoms with Gasteiger partial charge in [-0.25, -0.2) is 12.8 Å². The van der Waals surface area contributed by atoms with Gasteiger partial charge in [-0.3, -0.25) is 4.79 Å². The van der Waals surface area contributed by atoms with Crippen molar-refractivity contribution in [3.05, 3.63) is 0 Å². The van der Waals surface area contributed by atoms with Crippen molar-refractivity contribution in [3.8, 4) is 0 Å². The molecule has 0 aromatic rings. The zero-order valence-corrected chi connectivity index (χ0v) is 10.2. The van der Waals surface area contributed by atoms with Crippen molar-refractivity contribution in [1.29, 1.82) is 0 Å². The van der Waals surface area contributed by atoms with E-state index < -0.39 is 26.7 Å². The third-order valence-corrected chi connectivity index (χ3v) is 4.36. The zero-order valence-electron chi connectivity index (χ0n) is 9.34. The summed E-state index contributed by atoms with van der Waals surface area (Å²) in [5.41, 5.74) is -2.70. The Hall–Kier alpha value is -0.450. The van der Waals surface area contributed by atoms with Crippen molar-refractivity contribution in [2.75, 3.05) is 11.5 Å². The van der Waals surface area contributed by atoms with Crippen LogP contribution in [0, 0.1) is 5.41 Å². The normalized spacial score (nSPS) is 24.8. The summed E-state index contributed by atoms with van der Waals surface area (Å²) in [7, 11) is -3.13. The zero-order chi connectivity index (χ0) is 11.9. The third-order valence-electron chi connectivity index (χ3n) is 2.71. The van der Waals surface area contributed by atoms with Gasteiger partial charge in [0.1, 0.15) is 0 Å². The van der Waals surface area contributed by atoms with Crippen LogP contribution in [0.25, 0.3) is 0 Å². The predicted molar refractivity (Wildman–Crippen MR) is 56.2 cm³/mol. The lowest BCUT2D eigenvalue weighted by atomic mass is 9.78. The lowest BCUT2D eigenvalue weighted by Gasteiger charge is -2.33. The van der Waals surface area contributed by atoms with Crippen LogP contribution < -0.4 is 0 Å². The molecule has 3 nitrogen and oxygen atoms in total. The van der Waals surface area contributed by atoms with Crippen LogP contribution in [0.15, 0.2) is 0 Å². The molecular formula is C10H17FO3S. The first kappa shape index (κ1) is 12.6. The summed E-state index contributed by atoms with van der Waals surface area (Å²) < 4.78 is 36.5. The van der Waals surface area contributed by atoms with E-state index in [1.165, 1.54) is 0 Å². The maximum absolute atomic E-state index is 14.2. The van der Waals surface area contributed by atoms with Gasteiger partial charge in [-0.1, -0.05) is 20.8 Å². The molecule has 0 spiro atoms. The molecule has 0 saturated carbocycles. The van der Waals surface area contributed by atoms with Crippen molar-refractivity contribution in [3.63, 3.8) is 0 Å². The fourth-order valence-corrected chi connectivity index (χ4v) is 3.23. The van der Waals surface area contributed by atoms with Crippen LogP contribution in [0.1, 0.15) is 33.6 Å². The number of rotatable bonds is 1. The lowest BCUT2D eigenvalue weighted by molar-refractivity contribution is -0.139. The number of halogens is 1. The summed E-state index contributed by atoms with van der Waals surface area (Å²) in [5, 5.41) is 0. The summed E-state index contributed by atoms with van der Waals surface area (Å²) in [6, 6.07) is 0. The molecule has 5 heteroatoms. The molecule has 88 valence electrons. The van der Waals surface area contributed by atoms with E-state index in [4.69, 9.17) is 0 Å². The van der Waals surface area contributed by atoms with Crippen molar-refractivity contribution >= 4 is 15.6 Å². The molecule has 15 heavy (non-hydrogen) atoms. The van der Waals surface area contributed by atoms with Gasteiger partial charge in [0.05, 0.1) is 11.5 Å². The van der Waals surface area contributed by atoms with Gasteiger partial charge in [-0.2, -0.15) is 0 Å². The highest BCUT2D eigenvalue weighted by Crippen LogP contribution is 2.35. The second-order valence-electron chi connectivity index (χ2n) is 5.20. The molecule has 0 aromatic heterocycles. The van der Waals surface area contributed by atoms with E-state index in [1.54, 1.807) is 20.8 Å². The average Bonchev–Trinajstić information content (AvgIpc) is 2.08. The van der Waals surface area contributed by atoms with Crippen molar-refractivity contribution < 1.29 is 17.6 Å². The Kier molecular flexibility index (Phi) is 2.98. The molecule has 0 aliphatic carbocycles. The molecule has 1 rings (SSSR count). The van der Waals surface area contributed by atoms with Crippen LogP contribution in [0.4, 0.5) is 4.39 Å². The Bertz CT molecular complexity index is 351. The van der Waals surface area contributed by atoms with Crippen LogP contribution in [-0.4, -0.2) is 31.4 Å². The summed E-state index contributed by atoms with van der Waals surface area (Å²) >= 11 is 0. The van der Waals surface area contributed by atoms with E-state index >= 15 is 0 Å². The fraction of sp³-hybridized carbons (Fsp3) is 0.900. The Labute approximate surface area is 90.0 Å². The number of sulfone groups is 1. The Balaban J connectivity index is 2.84. The van der Waals surface area contributed by atoms with Crippen LogP contribution >= 0.6 is 0 Å². The maximum atomic E-state index is 14.2. The summed E-state index contributed by atoms with van der Waals surface area (Å²) in [6.45, 7) is 4.96. The van der Waals surface area contributed by atoms with Crippen molar-refractivity contribution in [2.45, 2.75) is 39.3 Å². The van der Waals surface area contributed by atoms with Gasteiger partial charge < -0.3 is 0 Å². The highest BCUT2D eigenvalue weighted by molar-refractivity contribution is 7.91. The minimum Gasteiger partial charge on any atom is -0.295 e. The first-order valence-electron chi connectivity index (χ1n) is 5.01. The minimum atomic E-state index is -3.13. The van der Waals surface area contributed by atoms with Gasteiger partial charge in [0.15, 0.2) is 21.3 Å². The average molecular weight is 236 g/mol. The van der Waals surface area contributed by atoms with Crippen LogP contribution in [0.2, 0.25) is 0 Å². The lowest BCUT2D eigenvalue weighted by Crippen LogP contribution is -2.47. The predicted octanol–water partition coefficient (Wildman–Crippen LogP) is 1.52. The molecule has 1 aliphatic heterocycles. The molecule has 0 bridgehead atoms. The molecular weight excluding hydrogens is 219 g/mol. The summed E-state index contributed by atoms with van der Waals surface area (Å²) in [6.07, 6.45) is -0.378. The maximum Gasteiger partial charge on any atom is 0.175 e. The van der Waals surface area contributed by atoms with E-state index in [0.717, 1.165) is 0 Å². The summed E-state index contributed by atoms with van der Waals surface area (Å²) in [4.78, 5) is 11.8. The van der Waals surface area contributed by atoms with E-state index in [2.05, 4.69) is 0 Å². The topological polar surface area (TPSA) is 51.2 Å². The second-order valence-corrected chi connectivity index (χ2v) is 7.50. The summed E-state index contributed by atoms with van der Waals surface area (Å²) in [5.74, 6) is -0.915. The molecule has 1 heterocycles. The number of alkyl halides is 1. The number of carbonyl (C=O) groups is 1. The number of ketones is 1. The number of carbonyl (C=O) groups excluding carboxylic acids is 1. The smallest absolute Gasteiger partial charge is 0.175 e. The molecule has 0 amide bonds. The van der Waals surface area contributed by atoms with Gasteiger partial charge in [0.2, 0.25) is 0 Å². The quantitative estimate of drug-likeness (QED) is 0.693. The molecule has 1 saturated heterocycles. The highest BCUT2D eigenvalue weighted by atomic mass is 32.2. The molecule has 1 fully saturated rings. The monoisotopic (exact) mass is 236 g/mol. The van der Waals surface area contributed by atoms with Crippen molar-refractivity contribution in [2.24, 2.45) is 5.41 Å². The van der Waals surface area contributed by atoms with E-state index in [0.29, 0.717) is 0 Å². The number of hydrogen-bond donors (Lipinski definition) is 0. The molecule has 0 N–H and O–H groups in total. The van der Waals surface area contributed by atoms with Crippen LogP contribution in [-0.2, 0) is 14.6 Å². The van der Waals surface area contributed by atoms with Gasteiger partial charge in [0.25, 0.3) is 0 Å². The van der Waals surface area contributed by atoms with Crippen LogP contribution in [0.5, 0.6) is 0 Å². The molecule has 0 aromatic carbocycles. The first-order chi connectivity index (χ1) is 6.57. The minimum absolute atomic E-state index is 0.189. The largest absolute Gasteiger partial charge is 0.295 e. The SMILES string of the molecule is CC(C)(C)C(=O)C1(F)CCS(=O)(=O)CC1. The van der Waals surface area contributed by atoms with E-state index in [1.807, 2.05) is 0 Å². The molecule has 0 radical (unpaired) electrons. The van der Waals surface area contributed by atoms with E-state index in [9.17, 15) is 17.6 Å². The van der Waals surface area contributed by atoms with Crippen LogP contribution in [0.3, 0.4) is 0 Å². The molecule has 1 aliphatic rings. The Morgan fingerprint density at radius 1 is 1.20 bits per heavy atom. The fourth-order valence-electron chi connectivity index (χ4n) is 1.76. The van der Waals surface area contributed by atoms with Gasteiger partial charge in [-0.05, 0) is 0 Å². The molecule has 0 atom stereocenters.